The molecule has 0 saturated carbocycles. The Morgan fingerprint density at radius 2 is 1.52 bits per heavy atom. The molecule has 33 heavy (non-hydrogen) atoms. The number of carboxylic acid groups (broad SMARTS) is 1. The third kappa shape index (κ3) is 5.02. The number of para-hydroxylation sites is 1. The minimum atomic E-state index is -1.21. The first-order chi connectivity index (χ1) is 15.9. The zero-order valence-corrected chi connectivity index (χ0v) is 18.4. The van der Waals surface area contributed by atoms with Crippen molar-refractivity contribution in [2.75, 3.05) is 11.9 Å². The molecule has 164 valence electrons. The van der Waals surface area contributed by atoms with Crippen LogP contribution in [0.25, 0.3) is 0 Å². The topological polar surface area (TPSA) is 79.7 Å². The number of carbonyl (C=O) groups is 2. The number of benzene rings is 3. The molecular formula is C26H19ClN2O4. The maximum atomic E-state index is 13.0. The van der Waals surface area contributed by atoms with E-state index < -0.39 is 5.97 Å². The van der Waals surface area contributed by atoms with E-state index in [1.54, 1.807) is 36.4 Å². The quantitative estimate of drug-likeness (QED) is 0.331. The second kappa shape index (κ2) is 9.54. The van der Waals surface area contributed by atoms with Gasteiger partial charge in [-0.3, -0.25) is 4.79 Å². The highest BCUT2D eigenvalue weighted by Gasteiger charge is 2.19. The number of aromatic carboxylic acids is 1. The van der Waals surface area contributed by atoms with E-state index in [4.69, 9.17) is 16.3 Å². The zero-order chi connectivity index (χ0) is 23.4. The minimum Gasteiger partial charge on any atom is -0.478 e. The molecule has 7 heteroatoms. The van der Waals surface area contributed by atoms with E-state index in [-0.39, 0.29) is 22.8 Å². The normalized spacial score (nSPS) is 10.5. The Bertz CT molecular complexity index is 1290. The Kier molecular flexibility index (Phi) is 6.38. The molecule has 1 heterocycles. The molecule has 1 aromatic heterocycles. The van der Waals surface area contributed by atoms with Crippen molar-refractivity contribution in [3.63, 3.8) is 0 Å². The van der Waals surface area contributed by atoms with Gasteiger partial charge in [0.1, 0.15) is 17.0 Å². The van der Waals surface area contributed by atoms with Crippen LogP contribution < -0.4 is 9.64 Å². The highest BCUT2D eigenvalue weighted by molar-refractivity contribution is 6.30. The molecule has 0 atom stereocenters. The van der Waals surface area contributed by atoms with Gasteiger partial charge >= 0.3 is 5.97 Å². The highest BCUT2D eigenvalue weighted by Crippen LogP contribution is 2.28. The van der Waals surface area contributed by atoms with Crippen LogP contribution >= 0.6 is 11.6 Å². The van der Waals surface area contributed by atoms with Gasteiger partial charge in [-0.2, -0.15) is 0 Å². The summed E-state index contributed by atoms with van der Waals surface area (Å²) in [6, 6.07) is 24.4. The zero-order valence-electron chi connectivity index (χ0n) is 17.6. The van der Waals surface area contributed by atoms with E-state index >= 15 is 0 Å². The number of aromatic nitrogens is 1. The first-order valence-corrected chi connectivity index (χ1v) is 10.4. The number of nitrogens with zero attached hydrogens (tertiary/aromatic N) is 2. The smallest absolute Gasteiger partial charge is 0.339 e. The van der Waals surface area contributed by atoms with Gasteiger partial charge in [0, 0.05) is 29.0 Å². The van der Waals surface area contributed by atoms with Crippen molar-refractivity contribution >= 4 is 34.7 Å². The number of rotatable bonds is 7. The van der Waals surface area contributed by atoms with Gasteiger partial charge in [-0.1, -0.05) is 29.8 Å². The molecule has 0 aliphatic heterocycles. The number of carbonyl (C=O) groups excluding carboxylic acids is 1. The maximum Gasteiger partial charge on any atom is 0.339 e. The Morgan fingerprint density at radius 1 is 0.909 bits per heavy atom. The molecule has 1 N–H and O–H groups in total. The van der Waals surface area contributed by atoms with Gasteiger partial charge < -0.3 is 14.7 Å². The van der Waals surface area contributed by atoms with Crippen molar-refractivity contribution in [3.05, 3.63) is 113 Å². The predicted octanol–water partition coefficient (Wildman–Crippen LogP) is 6.22. The summed E-state index contributed by atoms with van der Waals surface area (Å²) in [4.78, 5) is 30.8. The Morgan fingerprint density at radius 3 is 2.12 bits per heavy atom. The molecule has 0 aliphatic rings. The van der Waals surface area contributed by atoms with Crippen molar-refractivity contribution in [1.29, 1.82) is 0 Å². The number of hydrogen-bond donors (Lipinski definition) is 1. The molecule has 0 unspecified atom stereocenters. The first kappa shape index (κ1) is 22.0. The van der Waals surface area contributed by atoms with Crippen LogP contribution in [0.3, 0.4) is 0 Å². The molecule has 0 saturated heterocycles. The second-order valence-electron chi connectivity index (χ2n) is 7.20. The van der Waals surface area contributed by atoms with Gasteiger partial charge in [0.05, 0.1) is 6.20 Å². The monoisotopic (exact) mass is 458 g/mol. The average Bonchev–Trinajstić information content (AvgIpc) is 2.84. The second-order valence-corrected chi connectivity index (χ2v) is 7.63. The van der Waals surface area contributed by atoms with Crippen LogP contribution in [0.4, 0.5) is 11.4 Å². The standard InChI is InChI=1S/C26H19ClN2O4/c1-29(20-13-9-18(27)10-14-20)19-11-7-17(8-12-19)25(30)23-15-22(26(31)32)24(16-28-23)33-21-5-3-2-4-6-21/h2-16H,1H3,(H,31,32). The molecular weight excluding hydrogens is 440 g/mol. The fourth-order valence-electron chi connectivity index (χ4n) is 3.23. The first-order valence-electron chi connectivity index (χ1n) is 10.0. The van der Waals surface area contributed by atoms with Crippen molar-refractivity contribution in [2.24, 2.45) is 0 Å². The molecule has 4 rings (SSSR count). The number of pyridine rings is 1. The Balaban J connectivity index is 1.56. The maximum absolute atomic E-state index is 13.0. The van der Waals surface area contributed by atoms with Crippen molar-refractivity contribution in [3.8, 4) is 11.5 Å². The molecule has 4 aromatic rings. The van der Waals surface area contributed by atoms with Gasteiger partial charge in [-0.15, -0.1) is 0 Å². The van der Waals surface area contributed by atoms with Crippen molar-refractivity contribution < 1.29 is 19.4 Å². The number of anilines is 2. The summed E-state index contributed by atoms with van der Waals surface area (Å²) in [5.74, 6) is -1.06. The van der Waals surface area contributed by atoms with Crippen molar-refractivity contribution in [1.82, 2.24) is 4.98 Å². The van der Waals surface area contributed by atoms with Crippen LogP contribution in [0.2, 0.25) is 5.02 Å². The molecule has 0 aliphatic carbocycles. The lowest BCUT2D eigenvalue weighted by Gasteiger charge is -2.19. The van der Waals surface area contributed by atoms with Gasteiger partial charge in [-0.05, 0) is 66.7 Å². The molecule has 6 nitrogen and oxygen atoms in total. The van der Waals surface area contributed by atoms with Gasteiger partial charge in [0.15, 0.2) is 5.75 Å². The summed E-state index contributed by atoms with van der Waals surface area (Å²) in [7, 11) is 1.91. The third-order valence-electron chi connectivity index (χ3n) is 5.03. The Labute approximate surface area is 195 Å². The molecule has 0 bridgehead atoms. The largest absolute Gasteiger partial charge is 0.478 e. The van der Waals surface area contributed by atoms with E-state index in [2.05, 4.69) is 4.98 Å². The van der Waals surface area contributed by atoms with Gasteiger partial charge in [0.25, 0.3) is 0 Å². The lowest BCUT2D eigenvalue weighted by molar-refractivity contribution is 0.0694. The predicted molar refractivity (Wildman–Crippen MR) is 127 cm³/mol. The number of hydrogen-bond acceptors (Lipinski definition) is 5. The number of ketones is 1. The fourth-order valence-corrected chi connectivity index (χ4v) is 3.36. The summed E-state index contributed by atoms with van der Waals surface area (Å²) in [5.41, 5.74) is 2.09. The SMILES string of the molecule is CN(c1ccc(Cl)cc1)c1ccc(C(=O)c2cc(C(=O)O)c(Oc3ccccc3)cn2)cc1. The summed E-state index contributed by atoms with van der Waals surface area (Å²) in [6.07, 6.45) is 1.26. The van der Waals surface area contributed by atoms with E-state index in [0.717, 1.165) is 11.4 Å². The van der Waals surface area contributed by atoms with E-state index in [1.807, 2.05) is 54.4 Å². The number of ether oxygens (including phenoxy) is 1. The number of carboxylic acids is 1. The number of halogens is 1. The van der Waals surface area contributed by atoms with Crippen LogP contribution in [-0.2, 0) is 0 Å². The van der Waals surface area contributed by atoms with Crippen LogP contribution in [-0.4, -0.2) is 28.9 Å². The van der Waals surface area contributed by atoms with Crippen LogP contribution in [0, 0.1) is 0 Å². The lowest BCUT2D eigenvalue weighted by Crippen LogP contribution is -2.11. The summed E-state index contributed by atoms with van der Waals surface area (Å²) in [6.45, 7) is 0. The lowest BCUT2D eigenvalue weighted by atomic mass is 10.1. The van der Waals surface area contributed by atoms with Crippen molar-refractivity contribution in [2.45, 2.75) is 0 Å². The highest BCUT2D eigenvalue weighted by atomic mass is 35.5. The molecule has 0 fully saturated rings. The van der Waals surface area contributed by atoms with E-state index in [9.17, 15) is 14.7 Å². The molecule has 3 aromatic carbocycles. The molecule has 0 radical (unpaired) electrons. The summed E-state index contributed by atoms with van der Waals surface area (Å²) in [5, 5.41) is 10.3. The fraction of sp³-hybridized carbons (Fsp3) is 0.0385. The minimum absolute atomic E-state index is 0.0200. The van der Waals surface area contributed by atoms with Crippen LogP contribution in [0.5, 0.6) is 11.5 Å². The van der Waals surface area contributed by atoms with E-state index in [0.29, 0.717) is 16.3 Å². The third-order valence-corrected chi connectivity index (χ3v) is 5.28. The van der Waals surface area contributed by atoms with E-state index in [1.165, 1.54) is 12.3 Å². The molecule has 0 spiro atoms. The summed E-state index contributed by atoms with van der Waals surface area (Å²) >= 11 is 5.95. The Hall–Kier alpha value is -4.16. The van der Waals surface area contributed by atoms with Gasteiger partial charge in [0.2, 0.25) is 5.78 Å². The van der Waals surface area contributed by atoms with Crippen LogP contribution in [0.1, 0.15) is 26.4 Å². The molecule has 0 amide bonds. The van der Waals surface area contributed by atoms with Gasteiger partial charge in [-0.25, -0.2) is 9.78 Å². The van der Waals surface area contributed by atoms with Crippen LogP contribution in [0.15, 0.2) is 91.1 Å². The average molecular weight is 459 g/mol. The summed E-state index contributed by atoms with van der Waals surface area (Å²) < 4.78 is 5.63.